The number of methoxy groups -OCH3 is 1. The summed E-state index contributed by atoms with van der Waals surface area (Å²) in [6.07, 6.45) is 2.24. The molecule has 0 aliphatic carbocycles. The molecule has 0 aromatic rings. The number of carbonyl (C=O) groups excluding carboxylic acids is 3. The summed E-state index contributed by atoms with van der Waals surface area (Å²) in [6, 6.07) is 0. The van der Waals surface area contributed by atoms with Gasteiger partial charge in [-0.3, -0.25) is 19.3 Å². The van der Waals surface area contributed by atoms with Gasteiger partial charge < -0.3 is 14.4 Å². The second kappa shape index (κ2) is 8.24. The lowest BCUT2D eigenvalue weighted by atomic mass is 9.98. The maximum absolute atomic E-state index is 12.2. The van der Waals surface area contributed by atoms with Crippen LogP contribution in [-0.4, -0.2) is 74.1 Å². The molecule has 0 aromatic heterocycles. The second-order valence-electron chi connectivity index (χ2n) is 5.77. The predicted octanol–water partition coefficient (Wildman–Crippen LogP) is 0.0370. The largest absolute Gasteiger partial charge is 0.382 e. The van der Waals surface area contributed by atoms with Crippen LogP contribution in [0, 0.1) is 5.92 Å². The highest BCUT2D eigenvalue weighted by atomic mass is 16.5. The molecule has 0 bridgehead atoms. The van der Waals surface area contributed by atoms with Gasteiger partial charge >= 0.3 is 0 Å². The molecule has 2 rings (SSSR count). The first kappa shape index (κ1) is 16.9. The average molecular weight is 312 g/mol. The van der Waals surface area contributed by atoms with Crippen molar-refractivity contribution in [3.63, 3.8) is 0 Å². The smallest absolute Gasteiger partial charge is 0.242 e. The van der Waals surface area contributed by atoms with E-state index in [0.717, 1.165) is 17.7 Å². The molecule has 7 heteroatoms. The Balaban J connectivity index is 1.68. The Labute approximate surface area is 130 Å². The van der Waals surface area contributed by atoms with E-state index in [-0.39, 0.29) is 37.1 Å². The van der Waals surface area contributed by atoms with E-state index in [0.29, 0.717) is 38.8 Å². The van der Waals surface area contributed by atoms with Crippen LogP contribution >= 0.6 is 0 Å². The Bertz CT molecular complexity index is 402. The fourth-order valence-electron chi connectivity index (χ4n) is 2.78. The number of hydrogen-bond acceptors (Lipinski definition) is 5. The lowest BCUT2D eigenvalue weighted by Gasteiger charge is -2.32. The molecule has 0 unspecified atom stereocenters. The minimum absolute atomic E-state index is 0.104. The molecule has 2 aliphatic rings. The van der Waals surface area contributed by atoms with Gasteiger partial charge in [-0.2, -0.15) is 0 Å². The van der Waals surface area contributed by atoms with E-state index in [2.05, 4.69) is 0 Å². The van der Waals surface area contributed by atoms with Crippen molar-refractivity contribution in [2.24, 2.45) is 5.92 Å². The molecule has 7 nitrogen and oxygen atoms in total. The third-order valence-electron chi connectivity index (χ3n) is 4.20. The molecule has 0 spiro atoms. The summed E-state index contributed by atoms with van der Waals surface area (Å²) >= 11 is 0. The molecule has 3 amide bonds. The standard InChI is InChI=1S/C15H24N2O5/c1-21-8-9-22-11-12-4-6-16(7-5-12)15(20)10-17-13(18)2-3-14(17)19/h12H,2-11H2,1H3. The molecule has 0 atom stereocenters. The number of nitrogens with zero attached hydrogens (tertiary/aromatic N) is 2. The minimum atomic E-state index is -0.236. The highest BCUT2D eigenvalue weighted by Crippen LogP contribution is 2.19. The Hall–Kier alpha value is -1.47. The van der Waals surface area contributed by atoms with Crippen LogP contribution in [0.5, 0.6) is 0 Å². The van der Waals surface area contributed by atoms with E-state index in [1.165, 1.54) is 0 Å². The lowest BCUT2D eigenvalue weighted by Crippen LogP contribution is -2.46. The van der Waals surface area contributed by atoms with Crippen molar-refractivity contribution in [1.82, 2.24) is 9.80 Å². The summed E-state index contributed by atoms with van der Waals surface area (Å²) in [5.41, 5.74) is 0. The van der Waals surface area contributed by atoms with Crippen LogP contribution in [0.4, 0.5) is 0 Å². The predicted molar refractivity (Wildman–Crippen MR) is 78.0 cm³/mol. The van der Waals surface area contributed by atoms with Crippen LogP contribution in [0.2, 0.25) is 0 Å². The summed E-state index contributed by atoms with van der Waals surface area (Å²) in [5.74, 6) is -0.155. The fraction of sp³-hybridized carbons (Fsp3) is 0.800. The lowest BCUT2D eigenvalue weighted by molar-refractivity contribution is -0.146. The Kier molecular flexibility index (Phi) is 6.33. The number of ether oxygens (including phenoxy) is 2. The third-order valence-corrected chi connectivity index (χ3v) is 4.20. The summed E-state index contributed by atoms with van der Waals surface area (Å²) in [6.45, 7) is 3.09. The normalized spacial score (nSPS) is 20.0. The van der Waals surface area contributed by atoms with Gasteiger partial charge in [0.15, 0.2) is 0 Å². The molecule has 0 N–H and O–H groups in total. The SMILES string of the molecule is COCCOCC1CCN(C(=O)CN2C(=O)CCC2=O)CC1. The van der Waals surface area contributed by atoms with Gasteiger partial charge in [-0.05, 0) is 18.8 Å². The number of carbonyl (C=O) groups is 3. The van der Waals surface area contributed by atoms with Crippen molar-refractivity contribution in [3.05, 3.63) is 0 Å². The number of likely N-dealkylation sites (tertiary alicyclic amines) is 2. The molecular weight excluding hydrogens is 288 g/mol. The Morgan fingerprint density at radius 3 is 2.36 bits per heavy atom. The molecular formula is C15H24N2O5. The van der Waals surface area contributed by atoms with Crippen LogP contribution in [-0.2, 0) is 23.9 Å². The van der Waals surface area contributed by atoms with Crippen molar-refractivity contribution in [1.29, 1.82) is 0 Å². The number of piperidine rings is 1. The van der Waals surface area contributed by atoms with Gasteiger partial charge in [0.25, 0.3) is 0 Å². The van der Waals surface area contributed by atoms with Crippen LogP contribution in [0.25, 0.3) is 0 Å². The molecule has 0 saturated carbocycles. The molecule has 0 aromatic carbocycles. The first-order valence-corrected chi connectivity index (χ1v) is 7.79. The first-order chi connectivity index (χ1) is 10.6. The number of imide groups is 1. The highest BCUT2D eigenvalue weighted by Gasteiger charge is 2.32. The number of rotatable bonds is 7. The monoisotopic (exact) mass is 312 g/mol. The molecule has 2 heterocycles. The Morgan fingerprint density at radius 2 is 1.77 bits per heavy atom. The maximum atomic E-state index is 12.2. The van der Waals surface area contributed by atoms with E-state index in [1.807, 2.05) is 0 Å². The zero-order chi connectivity index (χ0) is 15.9. The summed E-state index contributed by atoms with van der Waals surface area (Å²) in [5, 5.41) is 0. The van der Waals surface area contributed by atoms with Gasteiger partial charge in [0, 0.05) is 39.6 Å². The quantitative estimate of drug-likeness (QED) is 0.490. The summed E-state index contributed by atoms with van der Waals surface area (Å²) in [4.78, 5) is 38.1. The number of hydrogen-bond donors (Lipinski definition) is 0. The van der Waals surface area contributed by atoms with E-state index in [9.17, 15) is 14.4 Å². The van der Waals surface area contributed by atoms with Crippen LogP contribution in [0.3, 0.4) is 0 Å². The summed E-state index contributed by atoms with van der Waals surface area (Å²) < 4.78 is 10.4. The van der Waals surface area contributed by atoms with Gasteiger partial charge in [-0.1, -0.05) is 0 Å². The van der Waals surface area contributed by atoms with Crippen molar-refractivity contribution in [3.8, 4) is 0 Å². The van der Waals surface area contributed by atoms with E-state index >= 15 is 0 Å². The summed E-state index contributed by atoms with van der Waals surface area (Å²) in [7, 11) is 1.64. The van der Waals surface area contributed by atoms with Crippen molar-refractivity contribution in [2.75, 3.05) is 46.6 Å². The van der Waals surface area contributed by atoms with Crippen LogP contribution in [0.15, 0.2) is 0 Å². The van der Waals surface area contributed by atoms with E-state index < -0.39 is 0 Å². The molecule has 2 aliphatic heterocycles. The zero-order valence-electron chi connectivity index (χ0n) is 13.1. The van der Waals surface area contributed by atoms with Gasteiger partial charge in [-0.15, -0.1) is 0 Å². The topological polar surface area (TPSA) is 76.2 Å². The van der Waals surface area contributed by atoms with Crippen molar-refractivity contribution >= 4 is 17.7 Å². The second-order valence-corrected chi connectivity index (χ2v) is 5.77. The van der Waals surface area contributed by atoms with Crippen molar-refractivity contribution in [2.45, 2.75) is 25.7 Å². The molecule has 2 saturated heterocycles. The van der Waals surface area contributed by atoms with E-state index in [1.54, 1.807) is 12.0 Å². The molecule has 2 fully saturated rings. The molecule has 22 heavy (non-hydrogen) atoms. The minimum Gasteiger partial charge on any atom is -0.382 e. The van der Waals surface area contributed by atoms with Crippen LogP contribution < -0.4 is 0 Å². The van der Waals surface area contributed by atoms with E-state index in [4.69, 9.17) is 9.47 Å². The van der Waals surface area contributed by atoms with Crippen molar-refractivity contribution < 1.29 is 23.9 Å². The average Bonchev–Trinajstić information content (AvgIpc) is 2.84. The fourth-order valence-corrected chi connectivity index (χ4v) is 2.78. The molecule has 0 radical (unpaired) electrons. The molecule has 124 valence electrons. The third kappa shape index (κ3) is 4.51. The van der Waals surface area contributed by atoms with Gasteiger partial charge in [0.05, 0.1) is 13.2 Å². The van der Waals surface area contributed by atoms with Gasteiger partial charge in [0.1, 0.15) is 6.54 Å². The van der Waals surface area contributed by atoms with Gasteiger partial charge in [-0.25, -0.2) is 0 Å². The maximum Gasteiger partial charge on any atom is 0.242 e. The van der Waals surface area contributed by atoms with Gasteiger partial charge in [0.2, 0.25) is 17.7 Å². The first-order valence-electron chi connectivity index (χ1n) is 7.79. The van der Waals surface area contributed by atoms with Crippen LogP contribution in [0.1, 0.15) is 25.7 Å². The highest BCUT2D eigenvalue weighted by molar-refractivity contribution is 6.04. The zero-order valence-corrected chi connectivity index (χ0v) is 13.1. The number of amides is 3. The Morgan fingerprint density at radius 1 is 1.14 bits per heavy atom.